The molecule has 1 N–H and O–H groups in total. The highest BCUT2D eigenvalue weighted by Crippen LogP contribution is 2.20. The topological polar surface area (TPSA) is 65.5 Å². The Hall–Kier alpha value is -2.51. The Balaban J connectivity index is 1.72. The number of aromatic nitrogens is 1. The van der Waals surface area contributed by atoms with E-state index in [1.165, 1.54) is 30.5 Å². The summed E-state index contributed by atoms with van der Waals surface area (Å²) < 4.78 is 13.2. The van der Waals surface area contributed by atoms with Crippen LogP contribution in [0.25, 0.3) is 0 Å². The number of piperazine rings is 1. The smallest absolute Gasteiger partial charge is 0.274 e. The summed E-state index contributed by atoms with van der Waals surface area (Å²) in [5.74, 6) is -1.19. The Morgan fingerprint density at radius 2 is 1.88 bits per heavy atom. The standard InChI is InChI=1S/C18H18ClFN4O2/c1-23-6-8-24(9-7-23)18(26)12-4-5-21-16(10-12)17(25)22-13-2-3-15(20)14(19)11-13/h2-5,10-11H,6-9H2,1H3,(H,22,25). The van der Waals surface area contributed by atoms with E-state index in [1.54, 1.807) is 11.0 Å². The predicted octanol–water partition coefficient (Wildman–Crippen LogP) is 2.51. The van der Waals surface area contributed by atoms with E-state index >= 15 is 0 Å². The average Bonchev–Trinajstić information content (AvgIpc) is 2.65. The highest BCUT2D eigenvalue weighted by Gasteiger charge is 2.21. The maximum absolute atomic E-state index is 13.2. The Bertz CT molecular complexity index is 838. The number of hydrogen-bond acceptors (Lipinski definition) is 4. The van der Waals surface area contributed by atoms with Crippen LogP contribution in [-0.4, -0.2) is 59.8 Å². The SMILES string of the molecule is CN1CCN(C(=O)c2ccnc(C(=O)Nc3ccc(F)c(Cl)c3)c2)CC1. The number of pyridine rings is 1. The van der Waals surface area contributed by atoms with E-state index < -0.39 is 11.7 Å². The van der Waals surface area contributed by atoms with E-state index in [4.69, 9.17) is 11.6 Å². The molecule has 0 atom stereocenters. The van der Waals surface area contributed by atoms with Crippen molar-refractivity contribution in [2.75, 3.05) is 38.5 Å². The maximum atomic E-state index is 13.2. The van der Waals surface area contributed by atoms with E-state index in [2.05, 4.69) is 15.2 Å². The van der Waals surface area contributed by atoms with Crippen LogP contribution in [0.5, 0.6) is 0 Å². The largest absolute Gasteiger partial charge is 0.336 e. The molecule has 8 heteroatoms. The van der Waals surface area contributed by atoms with Crippen LogP contribution in [-0.2, 0) is 0 Å². The number of rotatable bonds is 3. The Labute approximate surface area is 155 Å². The second kappa shape index (κ2) is 7.80. The minimum atomic E-state index is -0.567. The predicted molar refractivity (Wildman–Crippen MR) is 97.0 cm³/mol. The van der Waals surface area contributed by atoms with E-state index in [-0.39, 0.29) is 16.6 Å². The Morgan fingerprint density at radius 3 is 2.58 bits per heavy atom. The first-order chi connectivity index (χ1) is 12.4. The van der Waals surface area contributed by atoms with Gasteiger partial charge in [-0.3, -0.25) is 14.6 Å². The lowest BCUT2D eigenvalue weighted by atomic mass is 10.1. The van der Waals surface area contributed by atoms with Gasteiger partial charge in [0.15, 0.2) is 0 Å². The van der Waals surface area contributed by atoms with Crippen LogP contribution in [0.1, 0.15) is 20.8 Å². The summed E-state index contributed by atoms with van der Waals surface area (Å²) in [6.07, 6.45) is 1.43. The fourth-order valence-electron chi connectivity index (χ4n) is 2.65. The van der Waals surface area contributed by atoms with E-state index in [9.17, 15) is 14.0 Å². The third-order valence-corrected chi connectivity index (χ3v) is 4.50. The molecular formula is C18H18ClFN4O2. The summed E-state index contributed by atoms with van der Waals surface area (Å²) in [5.41, 5.74) is 0.858. The normalized spacial score (nSPS) is 15.0. The van der Waals surface area contributed by atoms with Crippen molar-refractivity contribution in [3.05, 3.63) is 58.6 Å². The molecule has 1 aromatic carbocycles. The number of nitrogens with zero attached hydrogens (tertiary/aromatic N) is 3. The first-order valence-corrected chi connectivity index (χ1v) is 8.52. The van der Waals surface area contributed by atoms with E-state index in [0.29, 0.717) is 24.3 Å². The van der Waals surface area contributed by atoms with Crippen molar-refractivity contribution in [2.24, 2.45) is 0 Å². The highest BCUT2D eigenvalue weighted by molar-refractivity contribution is 6.31. The molecule has 0 spiro atoms. The molecule has 2 aromatic rings. The van der Waals surface area contributed by atoms with Crippen molar-refractivity contribution in [2.45, 2.75) is 0 Å². The Kier molecular flexibility index (Phi) is 5.49. The van der Waals surface area contributed by atoms with Gasteiger partial charge in [0.2, 0.25) is 0 Å². The van der Waals surface area contributed by atoms with Gasteiger partial charge in [0.25, 0.3) is 11.8 Å². The molecule has 2 amide bonds. The molecule has 0 bridgehead atoms. The van der Waals surface area contributed by atoms with Gasteiger partial charge in [-0.15, -0.1) is 0 Å². The number of likely N-dealkylation sites (N-methyl/N-ethyl adjacent to an activating group) is 1. The van der Waals surface area contributed by atoms with Gasteiger partial charge < -0.3 is 15.1 Å². The number of nitrogens with one attached hydrogen (secondary N) is 1. The molecule has 1 fully saturated rings. The van der Waals surface area contributed by atoms with Crippen molar-refractivity contribution in [1.82, 2.24) is 14.8 Å². The van der Waals surface area contributed by atoms with Crippen LogP contribution in [0.15, 0.2) is 36.5 Å². The zero-order chi connectivity index (χ0) is 18.7. The molecule has 1 aromatic heterocycles. The highest BCUT2D eigenvalue weighted by atomic mass is 35.5. The first-order valence-electron chi connectivity index (χ1n) is 8.14. The quantitative estimate of drug-likeness (QED) is 0.894. The van der Waals surface area contributed by atoms with Gasteiger partial charge in [-0.1, -0.05) is 11.6 Å². The molecular weight excluding hydrogens is 359 g/mol. The molecule has 0 radical (unpaired) electrons. The summed E-state index contributed by atoms with van der Waals surface area (Å²) in [6.45, 7) is 2.92. The van der Waals surface area contributed by atoms with Gasteiger partial charge in [0.05, 0.1) is 5.02 Å². The van der Waals surface area contributed by atoms with Crippen LogP contribution in [0.4, 0.5) is 10.1 Å². The summed E-state index contributed by atoms with van der Waals surface area (Å²) in [7, 11) is 2.01. The van der Waals surface area contributed by atoms with Crippen molar-refractivity contribution in [1.29, 1.82) is 0 Å². The molecule has 1 saturated heterocycles. The van der Waals surface area contributed by atoms with Crippen LogP contribution in [0.2, 0.25) is 5.02 Å². The molecule has 6 nitrogen and oxygen atoms in total. The third kappa shape index (κ3) is 4.17. The number of halogens is 2. The van der Waals surface area contributed by atoms with Gasteiger partial charge in [-0.05, 0) is 37.4 Å². The van der Waals surface area contributed by atoms with E-state index in [0.717, 1.165) is 13.1 Å². The number of hydrogen-bond donors (Lipinski definition) is 1. The summed E-state index contributed by atoms with van der Waals surface area (Å²) in [4.78, 5) is 32.9. The van der Waals surface area contributed by atoms with Crippen LogP contribution in [0, 0.1) is 5.82 Å². The number of anilines is 1. The molecule has 3 rings (SSSR count). The van der Waals surface area contributed by atoms with Gasteiger partial charge in [-0.2, -0.15) is 0 Å². The van der Waals surface area contributed by atoms with Gasteiger partial charge >= 0.3 is 0 Å². The molecule has 2 heterocycles. The average molecular weight is 377 g/mol. The lowest BCUT2D eigenvalue weighted by Gasteiger charge is -2.32. The van der Waals surface area contributed by atoms with Gasteiger partial charge in [0, 0.05) is 43.6 Å². The van der Waals surface area contributed by atoms with E-state index in [1.807, 2.05) is 7.05 Å². The zero-order valence-corrected chi connectivity index (χ0v) is 15.0. The molecule has 0 aliphatic carbocycles. The van der Waals surface area contributed by atoms with Crippen molar-refractivity contribution in [3.8, 4) is 0 Å². The second-order valence-corrected chi connectivity index (χ2v) is 6.52. The van der Waals surface area contributed by atoms with Crippen molar-refractivity contribution >= 4 is 29.1 Å². The fourth-order valence-corrected chi connectivity index (χ4v) is 2.83. The molecule has 1 aliphatic rings. The molecule has 136 valence electrons. The van der Waals surface area contributed by atoms with Crippen LogP contribution < -0.4 is 5.32 Å². The minimum absolute atomic E-state index is 0.0882. The summed E-state index contributed by atoms with van der Waals surface area (Å²) >= 11 is 5.71. The summed E-state index contributed by atoms with van der Waals surface area (Å²) in [6, 6.07) is 6.93. The Morgan fingerprint density at radius 1 is 1.15 bits per heavy atom. The molecule has 0 unspecified atom stereocenters. The lowest BCUT2D eigenvalue weighted by molar-refractivity contribution is 0.0664. The number of carbonyl (C=O) groups is 2. The first kappa shape index (κ1) is 18.3. The zero-order valence-electron chi connectivity index (χ0n) is 14.2. The van der Waals surface area contributed by atoms with Crippen molar-refractivity contribution in [3.63, 3.8) is 0 Å². The van der Waals surface area contributed by atoms with Gasteiger partial charge in [0.1, 0.15) is 11.5 Å². The maximum Gasteiger partial charge on any atom is 0.274 e. The fraction of sp³-hybridized carbons (Fsp3) is 0.278. The molecule has 1 aliphatic heterocycles. The number of carbonyl (C=O) groups excluding carboxylic acids is 2. The monoisotopic (exact) mass is 376 g/mol. The second-order valence-electron chi connectivity index (χ2n) is 6.11. The molecule has 0 saturated carbocycles. The van der Waals surface area contributed by atoms with Crippen LogP contribution in [0.3, 0.4) is 0 Å². The summed E-state index contributed by atoms with van der Waals surface area (Å²) in [5, 5.41) is 2.51. The number of benzene rings is 1. The van der Waals surface area contributed by atoms with Gasteiger partial charge in [-0.25, -0.2) is 4.39 Å². The molecule has 26 heavy (non-hydrogen) atoms. The third-order valence-electron chi connectivity index (χ3n) is 4.21. The van der Waals surface area contributed by atoms with Crippen LogP contribution >= 0.6 is 11.6 Å². The number of amides is 2. The van der Waals surface area contributed by atoms with Crippen molar-refractivity contribution < 1.29 is 14.0 Å². The lowest BCUT2D eigenvalue weighted by Crippen LogP contribution is -2.47. The minimum Gasteiger partial charge on any atom is -0.336 e.